The highest BCUT2D eigenvalue weighted by atomic mass is 35.5. The third kappa shape index (κ3) is 3.28. The van der Waals surface area contributed by atoms with Crippen LogP contribution in [0, 0.1) is 6.92 Å². The number of nitrogens with one attached hydrogen (secondary N) is 1. The fraction of sp³-hybridized carbons (Fsp3) is 0.136. The van der Waals surface area contributed by atoms with Gasteiger partial charge in [0.2, 0.25) is 0 Å². The van der Waals surface area contributed by atoms with E-state index in [0.717, 1.165) is 5.56 Å². The molecule has 29 heavy (non-hydrogen) atoms. The van der Waals surface area contributed by atoms with E-state index in [9.17, 15) is 13.2 Å². The summed E-state index contributed by atoms with van der Waals surface area (Å²) in [6.45, 7) is 3.98. The molecule has 0 atom stereocenters. The largest absolute Gasteiger partial charge is 0.322 e. The highest BCUT2D eigenvalue weighted by Crippen LogP contribution is 2.43. The van der Waals surface area contributed by atoms with E-state index in [1.54, 1.807) is 61.5 Å². The van der Waals surface area contributed by atoms with E-state index in [1.165, 1.54) is 4.31 Å². The standard InChI is InChI=1S/C22H19ClN2O3S/c1-3-25-20-11-9-15(22(26)24-19-13-16(23)10-8-14(19)2)12-18(20)17-6-4-5-7-21(17)29(25,27)28/h4-13H,3H2,1-2H3,(H,24,26). The van der Waals surface area contributed by atoms with Crippen molar-refractivity contribution in [2.24, 2.45) is 0 Å². The second-order valence-corrected chi connectivity index (χ2v) is 9.08. The third-order valence-corrected chi connectivity index (χ3v) is 7.19. The summed E-state index contributed by atoms with van der Waals surface area (Å²) in [5, 5.41) is 3.42. The maximum absolute atomic E-state index is 13.0. The number of carbonyl (C=O) groups is 1. The lowest BCUT2D eigenvalue weighted by Crippen LogP contribution is -2.34. The summed E-state index contributed by atoms with van der Waals surface area (Å²) in [7, 11) is -3.62. The first-order valence-electron chi connectivity index (χ1n) is 9.16. The molecular formula is C22H19ClN2O3S. The molecule has 1 N–H and O–H groups in total. The van der Waals surface area contributed by atoms with Gasteiger partial charge in [0.1, 0.15) is 0 Å². The van der Waals surface area contributed by atoms with Crippen molar-refractivity contribution in [3.8, 4) is 11.1 Å². The van der Waals surface area contributed by atoms with Gasteiger partial charge in [0.05, 0.1) is 10.6 Å². The SMILES string of the molecule is CCN1c2ccc(C(=O)Nc3cc(Cl)ccc3C)cc2-c2ccccc2S1(=O)=O. The highest BCUT2D eigenvalue weighted by Gasteiger charge is 2.34. The van der Waals surface area contributed by atoms with E-state index in [2.05, 4.69) is 5.32 Å². The molecule has 0 saturated heterocycles. The Labute approximate surface area is 175 Å². The average molecular weight is 427 g/mol. The topological polar surface area (TPSA) is 66.5 Å². The minimum atomic E-state index is -3.62. The van der Waals surface area contributed by atoms with Crippen LogP contribution in [0.15, 0.2) is 65.6 Å². The van der Waals surface area contributed by atoms with E-state index in [-0.39, 0.29) is 10.8 Å². The Balaban J connectivity index is 1.79. The predicted molar refractivity (Wildman–Crippen MR) is 116 cm³/mol. The van der Waals surface area contributed by atoms with Crippen molar-refractivity contribution in [1.82, 2.24) is 0 Å². The van der Waals surface area contributed by atoms with Crippen LogP contribution in [0.2, 0.25) is 5.02 Å². The van der Waals surface area contributed by atoms with Gasteiger partial charge in [-0.05, 0) is 55.8 Å². The smallest absolute Gasteiger partial charge is 0.264 e. The zero-order valence-corrected chi connectivity index (χ0v) is 17.5. The minimum Gasteiger partial charge on any atom is -0.322 e. The monoisotopic (exact) mass is 426 g/mol. The van der Waals surface area contributed by atoms with E-state index in [0.29, 0.717) is 39.6 Å². The van der Waals surface area contributed by atoms with Crippen molar-refractivity contribution in [1.29, 1.82) is 0 Å². The molecule has 0 unspecified atom stereocenters. The second-order valence-electron chi connectivity index (χ2n) is 6.81. The zero-order valence-electron chi connectivity index (χ0n) is 15.9. The summed E-state index contributed by atoms with van der Waals surface area (Å²) >= 11 is 6.04. The van der Waals surface area contributed by atoms with Crippen LogP contribution in [0.3, 0.4) is 0 Å². The number of rotatable bonds is 3. The predicted octanol–water partition coefficient (Wildman–Crippen LogP) is 5.10. The molecule has 0 aromatic heterocycles. The van der Waals surface area contributed by atoms with Crippen LogP contribution in [0.25, 0.3) is 11.1 Å². The molecule has 3 aromatic rings. The van der Waals surface area contributed by atoms with Gasteiger partial charge in [-0.1, -0.05) is 35.9 Å². The number of carbonyl (C=O) groups excluding carboxylic acids is 1. The van der Waals surface area contributed by atoms with Crippen molar-refractivity contribution >= 4 is 38.9 Å². The minimum absolute atomic E-state index is 0.248. The maximum Gasteiger partial charge on any atom is 0.264 e. The summed E-state index contributed by atoms with van der Waals surface area (Å²) in [5.41, 5.74) is 3.86. The molecule has 1 amide bonds. The summed E-state index contributed by atoms with van der Waals surface area (Å²) in [4.78, 5) is 13.1. The van der Waals surface area contributed by atoms with Gasteiger partial charge in [-0.15, -0.1) is 0 Å². The highest BCUT2D eigenvalue weighted by molar-refractivity contribution is 7.93. The third-order valence-electron chi connectivity index (χ3n) is 5.01. The first kappa shape index (κ1) is 19.5. The molecule has 4 rings (SSSR count). The number of nitrogens with zero attached hydrogens (tertiary/aromatic N) is 1. The van der Waals surface area contributed by atoms with Gasteiger partial charge in [0, 0.05) is 33.9 Å². The molecule has 5 nitrogen and oxygen atoms in total. The fourth-order valence-electron chi connectivity index (χ4n) is 3.54. The van der Waals surface area contributed by atoms with Gasteiger partial charge in [-0.25, -0.2) is 8.42 Å². The molecule has 0 radical (unpaired) electrons. The number of hydrogen-bond acceptors (Lipinski definition) is 3. The lowest BCUT2D eigenvalue weighted by molar-refractivity contribution is 0.102. The van der Waals surface area contributed by atoms with Crippen LogP contribution < -0.4 is 9.62 Å². The van der Waals surface area contributed by atoms with E-state index in [1.807, 2.05) is 13.0 Å². The van der Waals surface area contributed by atoms with Crippen molar-refractivity contribution in [3.63, 3.8) is 0 Å². The van der Waals surface area contributed by atoms with Crippen LogP contribution in [0.4, 0.5) is 11.4 Å². The first-order valence-corrected chi connectivity index (χ1v) is 11.0. The van der Waals surface area contributed by atoms with Gasteiger partial charge in [-0.3, -0.25) is 9.10 Å². The van der Waals surface area contributed by atoms with Crippen LogP contribution in [0.1, 0.15) is 22.8 Å². The Morgan fingerprint density at radius 2 is 1.79 bits per heavy atom. The molecule has 0 bridgehead atoms. The molecule has 0 aliphatic carbocycles. The van der Waals surface area contributed by atoms with Crippen molar-refractivity contribution < 1.29 is 13.2 Å². The summed E-state index contributed by atoms with van der Waals surface area (Å²) in [6.07, 6.45) is 0. The Hall–Kier alpha value is -2.83. The number of hydrogen-bond donors (Lipinski definition) is 1. The molecule has 0 fully saturated rings. The maximum atomic E-state index is 13.0. The van der Waals surface area contributed by atoms with E-state index >= 15 is 0 Å². The number of amides is 1. The summed E-state index contributed by atoms with van der Waals surface area (Å²) in [5.74, 6) is -0.285. The Morgan fingerprint density at radius 1 is 1.03 bits per heavy atom. The average Bonchev–Trinajstić information content (AvgIpc) is 2.71. The lowest BCUT2D eigenvalue weighted by atomic mass is 10.00. The lowest BCUT2D eigenvalue weighted by Gasteiger charge is -2.31. The molecule has 7 heteroatoms. The van der Waals surface area contributed by atoms with Crippen LogP contribution >= 0.6 is 11.6 Å². The summed E-state index contributed by atoms with van der Waals surface area (Å²) < 4.78 is 27.3. The number of halogens is 1. The quantitative estimate of drug-likeness (QED) is 0.633. The Bertz CT molecular complexity index is 1240. The van der Waals surface area contributed by atoms with Crippen LogP contribution in [-0.2, 0) is 10.0 Å². The molecule has 0 spiro atoms. The summed E-state index contributed by atoms with van der Waals surface area (Å²) in [6, 6.07) is 17.2. The van der Waals surface area contributed by atoms with Crippen molar-refractivity contribution in [3.05, 3.63) is 76.8 Å². The van der Waals surface area contributed by atoms with Gasteiger partial charge in [0.15, 0.2) is 0 Å². The molecule has 148 valence electrons. The van der Waals surface area contributed by atoms with Crippen LogP contribution in [-0.4, -0.2) is 20.9 Å². The Kier molecular flexibility index (Phi) is 4.84. The number of aryl methyl sites for hydroxylation is 1. The molecule has 1 aliphatic rings. The number of anilines is 2. The van der Waals surface area contributed by atoms with Crippen molar-refractivity contribution in [2.75, 3.05) is 16.2 Å². The molecule has 1 heterocycles. The van der Waals surface area contributed by atoms with Gasteiger partial charge >= 0.3 is 0 Å². The van der Waals surface area contributed by atoms with Gasteiger partial charge in [-0.2, -0.15) is 0 Å². The normalized spacial score (nSPS) is 14.1. The molecular weight excluding hydrogens is 408 g/mol. The fourth-order valence-corrected chi connectivity index (χ4v) is 5.41. The zero-order chi connectivity index (χ0) is 20.8. The number of sulfonamides is 1. The number of benzene rings is 3. The first-order chi connectivity index (χ1) is 13.8. The van der Waals surface area contributed by atoms with E-state index in [4.69, 9.17) is 11.6 Å². The molecule has 1 aliphatic heterocycles. The van der Waals surface area contributed by atoms with Crippen molar-refractivity contribution in [2.45, 2.75) is 18.7 Å². The molecule has 3 aromatic carbocycles. The van der Waals surface area contributed by atoms with Gasteiger partial charge in [0.25, 0.3) is 15.9 Å². The van der Waals surface area contributed by atoms with Crippen LogP contribution in [0.5, 0.6) is 0 Å². The second kappa shape index (κ2) is 7.21. The number of fused-ring (bicyclic) bond motifs is 3. The van der Waals surface area contributed by atoms with Gasteiger partial charge < -0.3 is 5.32 Å². The Morgan fingerprint density at radius 3 is 2.55 bits per heavy atom. The van der Waals surface area contributed by atoms with E-state index < -0.39 is 10.0 Å². The molecule has 0 saturated carbocycles.